The van der Waals surface area contributed by atoms with Crippen LogP contribution in [-0.4, -0.2) is 83.6 Å². The molecule has 4 fully saturated rings. The van der Waals surface area contributed by atoms with Gasteiger partial charge in [0.1, 0.15) is 34.0 Å². The number of fused-ring (bicyclic) bond motifs is 5. The fourth-order valence-electron chi connectivity index (χ4n) is 8.91. The molecule has 4 aromatic rings. The lowest BCUT2D eigenvalue weighted by molar-refractivity contribution is 0.00248. The monoisotopic (exact) mass is 655 g/mol. The first-order valence-corrected chi connectivity index (χ1v) is 16.9. The molecule has 2 aromatic heterocycles. The van der Waals surface area contributed by atoms with Crippen LogP contribution in [0.15, 0.2) is 24.3 Å². The molecule has 9 nitrogen and oxygen atoms in total. The Balaban J connectivity index is 1.31. The lowest BCUT2D eigenvalue weighted by Crippen LogP contribution is -2.51. The van der Waals surface area contributed by atoms with E-state index in [1.807, 2.05) is 0 Å². The Hall–Kier alpha value is -4.27. The summed E-state index contributed by atoms with van der Waals surface area (Å²) in [6.45, 7) is 6.65. The van der Waals surface area contributed by atoms with E-state index in [-0.39, 0.29) is 56.9 Å². The number of ether oxygens (including phenoxy) is 3. The van der Waals surface area contributed by atoms with Gasteiger partial charge >= 0.3 is 6.01 Å². The SMILES string of the molecule is C#Cc1c(F)ccc2cc(O)cc(-c3nc(OC)c4c(N5CC6COC(C6)C5)nc(OC[C@]56CCC[C@H]5N(CC)CCC6)nc4c3F)c12. The molecule has 0 radical (unpaired) electrons. The normalized spacial score (nSPS) is 25.4. The van der Waals surface area contributed by atoms with Crippen LogP contribution in [0.3, 0.4) is 0 Å². The number of nitrogens with zero attached hydrogens (tertiary/aromatic N) is 5. The number of hydrogen-bond acceptors (Lipinski definition) is 9. The van der Waals surface area contributed by atoms with Gasteiger partial charge < -0.3 is 24.2 Å². The third-order valence-electron chi connectivity index (χ3n) is 11.0. The molecule has 1 saturated carbocycles. The molecule has 11 heteroatoms. The van der Waals surface area contributed by atoms with Crippen LogP contribution in [0.2, 0.25) is 0 Å². The fraction of sp³-hybridized carbons (Fsp3) is 0.486. The van der Waals surface area contributed by atoms with Gasteiger partial charge in [-0.3, -0.25) is 4.90 Å². The van der Waals surface area contributed by atoms with Crippen LogP contribution in [0.5, 0.6) is 17.6 Å². The van der Waals surface area contributed by atoms with Crippen molar-refractivity contribution in [2.45, 2.75) is 57.6 Å². The number of rotatable bonds is 7. The van der Waals surface area contributed by atoms with Crippen LogP contribution in [0, 0.1) is 35.3 Å². The van der Waals surface area contributed by atoms with E-state index < -0.39 is 11.6 Å². The second-order valence-electron chi connectivity index (χ2n) is 13.7. The van der Waals surface area contributed by atoms with Crippen molar-refractivity contribution in [2.24, 2.45) is 11.3 Å². The summed E-state index contributed by atoms with van der Waals surface area (Å²) in [5, 5.41) is 11.7. The lowest BCUT2D eigenvalue weighted by atomic mass is 9.75. The second-order valence-corrected chi connectivity index (χ2v) is 13.7. The number of halogens is 2. The number of methoxy groups -OCH3 is 1. The van der Waals surface area contributed by atoms with E-state index in [9.17, 15) is 9.50 Å². The summed E-state index contributed by atoms with van der Waals surface area (Å²) < 4.78 is 50.4. The summed E-state index contributed by atoms with van der Waals surface area (Å²) in [6, 6.07) is 6.02. The first kappa shape index (κ1) is 31.0. The van der Waals surface area contributed by atoms with Crippen LogP contribution in [-0.2, 0) is 4.74 Å². The second kappa shape index (κ2) is 12.0. The molecule has 4 aliphatic rings. The Bertz CT molecular complexity index is 1950. The highest BCUT2D eigenvalue weighted by Gasteiger charge is 2.48. The number of aromatic hydroxyl groups is 1. The van der Waals surface area contributed by atoms with Gasteiger partial charge in [0.25, 0.3) is 0 Å². The molecule has 1 N–H and O–H groups in total. The van der Waals surface area contributed by atoms with E-state index in [1.54, 1.807) is 0 Å². The number of anilines is 1. The van der Waals surface area contributed by atoms with Gasteiger partial charge in [0, 0.05) is 41.4 Å². The highest BCUT2D eigenvalue weighted by atomic mass is 19.1. The molecule has 2 unspecified atom stereocenters. The average molecular weight is 656 g/mol. The highest BCUT2D eigenvalue weighted by Crippen LogP contribution is 2.48. The molecule has 2 aromatic carbocycles. The number of phenolic OH excluding ortho intramolecular Hbond substituents is 1. The number of terminal acetylenes is 1. The molecule has 0 spiro atoms. The van der Waals surface area contributed by atoms with Crippen LogP contribution in [0.4, 0.5) is 14.6 Å². The number of phenols is 1. The summed E-state index contributed by atoms with van der Waals surface area (Å²) in [4.78, 5) is 18.9. The van der Waals surface area contributed by atoms with Crippen molar-refractivity contribution in [3.63, 3.8) is 0 Å². The molecule has 4 atom stereocenters. The third kappa shape index (κ3) is 4.99. The maximum atomic E-state index is 17.1. The van der Waals surface area contributed by atoms with Crippen molar-refractivity contribution in [1.29, 1.82) is 0 Å². The molecule has 8 rings (SSSR count). The van der Waals surface area contributed by atoms with E-state index in [0.717, 1.165) is 51.6 Å². The molecule has 250 valence electrons. The summed E-state index contributed by atoms with van der Waals surface area (Å²) >= 11 is 0. The van der Waals surface area contributed by atoms with Crippen LogP contribution in [0.1, 0.15) is 51.0 Å². The minimum atomic E-state index is -0.776. The largest absolute Gasteiger partial charge is 0.508 e. The predicted octanol–water partition coefficient (Wildman–Crippen LogP) is 6.08. The van der Waals surface area contributed by atoms with Crippen LogP contribution < -0.4 is 14.4 Å². The minimum absolute atomic E-state index is 0.0133. The van der Waals surface area contributed by atoms with Gasteiger partial charge in [-0.1, -0.05) is 25.3 Å². The van der Waals surface area contributed by atoms with Crippen molar-refractivity contribution < 1.29 is 28.1 Å². The first-order valence-electron chi connectivity index (χ1n) is 16.9. The van der Waals surface area contributed by atoms with Gasteiger partial charge in [0.05, 0.1) is 32.0 Å². The zero-order valence-electron chi connectivity index (χ0n) is 27.3. The third-order valence-corrected chi connectivity index (χ3v) is 11.0. The van der Waals surface area contributed by atoms with Gasteiger partial charge in [-0.15, -0.1) is 6.42 Å². The van der Waals surface area contributed by atoms with E-state index in [4.69, 9.17) is 30.6 Å². The van der Waals surface area contributed by atoms with E-state index >= 15 is 4.39 Å². The standard InChI is InChI=1S/C37H39F2N5O4/c1-4-25-27(38)10-9-22-15-23(45)16-26(29(22)25)32-31(39)33-30(35(40-32)46-3)34(44-17-21-14-24(18-44)47-19-21)42-36(41-33)48-20-37-11-6-8-28(37)43(5-2)13-7-12-37/h1,9-10,15-16,21,24,28,45H,5-8,11-14,17-20H2,2-3H3/t21?,24?,28-,37-/m1/s1. The van der Waals surface area contributed by atoms with E-state index in [2.05, 4.69) is 27.6 Å². The smallest absolute Gasteiger partial charge is 0.319 e. The van der Waals surface area contributed by atoms with E-state index in [1.165, 1.54) is 31.4 Å². The average Bonchev–Trinajstić information content (AvgIpc) is 3.69. The van der Waals surface area contributed by atoms with Crippen molar-refractivity contribution in [1.82, 2.24) is 19.9 Å². The number of likely N-dealkylation sites (tertiary alicyclic amines) is 1. The number of pyridine rings is 1. The lowest BCUT2D eigenvalue weighted by Gasteiger charge is -2.45. The van der Waals surface area contributed by atoms with Crippen molar-refractivity contribution in [2.75, 3.05) is 51.4 Å². The zero-order valence-corrected chi connectivity index (χ0v) is 27.3. The quantitative estimate of drug-likeness (QED) is 0.238. The Morgan fingerprint density at radius 1 is 1.12 bits per heavy atom. The molecule has 5 heterocycles. The zero-order chi connectivity index (χ0) is 33.2. The summed E-state index contributed by atoms with van der Waals surface area (Å²) in [5.74, 6) is 1.72. The molecule has 1 aliphatic carbocycles. The van der Waals surface area contributed by atoms with Crippen molar-refractivity contribution >= 4 is 27.5 Å². The predicted molar refractivity (Wildman–Crippen MR) is 178 cm³/mol. The highest BCUT2D eigenvalue weighted by molar-refractivity contribution is 6.04. The molecular weight excluding hydrogens is 616 g/mol. The van der Waals surface area contributed by atoms with Crippen LogP contribution >= 0.6 is 0 Å². The van der Waals surface area contributed by atoms with Gasteiger partial charge in [0.15, 0.2) is 5.82 Å². The maximum absolute atomic E-state index is 17.1. The van der Waals surface area contributed by atoms with Crippen molar-refractivity contribution in [3.8, 4) is 41.2 Å². The van der Waals surface area contributed by atoms with Gasteiger partial charge in [0.2, 0.25) is 5.88 Å². The minimum Gasteiger partial charge on any atom is -0.508 e. The first-order chi connectivity index (χ1) is 23.3. The molecule has 3 saturated heterocycles. The topological polar surface area (TPSA) is 93.1 Å². The summed E-state index contributed by atoms with van der Waals surface area (Å²) in [7, 11) is 1.45. The Morgan fingerprint density at radius 3 is 2.77 bits per heavy atom. The number of piperidine rings is 2. The Kier molecular flexibility index (Phi) is 7.76. The Labute approximate surface area is 278 Å². The van der Waals surface area contributed by atoms with Gasteiger partial charge in [-0.25, -0.2) is 13.8 Å². The van der Waals surface area contributed by atoms with E-state index in [0.29, 0.717) is 54.9 Å². The van der Waals surface area contributed by atoms with Gasteiger partial charge in [-0.05, 0) is 68.8 Å². The van der Waals surface area contributed by atoms with Crippen LogP contribution in [0.25, 0.3) is 32.9 Å². The Morgan fingerprint density at radius 2 is 1.98 bits per heavy atom. The number of hydrogen-bond donors (Lipinski definition) is 1. The molecule has 2 bridgehead atoms. The van der Waals surface area contributed by atoms with Crippen molar-refractivity contribution in [3.05, 3.63) is 41.5 Å². The fourth-order valence-corrected chi connectivity index (χ4v) is 8.91. The molecule has 0 amide bonds. The summed E-state index contributed by atoms with van der Waals surface area (Å²) in [5.41, 5.74) is -0.166. The maximum Gasteiger partial charge on any atom is 0.319 e. The molecular formula is C37H39F2N5O4. The molecule has 3 aliphatic heterocycles. The number of aromatic nitrogens is 3. The summed E-state index contributed by atoms with van der Waals surface area (Å²) in [6.07, 6.45) is 12.3. The number of benzene rings is 2. The molecule has 48 heavy (non-hydrogen) atoms. The van der Waals surface area contributed by atoms with Gasteiger partial charge in [-0.2, -0.15) is 9.97 Å².